The van der Waals surface area contributed by atoms with Gasteiger partial charge in [-0.05, 0) is 12.2 Å². The Morgan fingerprint density at radius 1 is 1.67 bits per heavy atom. The maximum Gasteiger partial charge on any atom is 0.419 e. The highest BCUT2D eigenvalue weighted by Crippen LogP contribution is 2.30. The summed E-state index contributed by atoms with van der Waals surface area (Å²) in [4.78, 5) is 9.80. The summed E-state index contributed by atoms with van der Waals surface area (Å²) in [6.07, 6.45) is -1.24. The Balaban J connectivity index is 4.22. The highest BCUT2D eigenvalue weighted by molar-refractivity contribution is 7.80. The summed E-state index contributed by atoms with van der Waals surface area (Å²) in [7, 11) is 0. The summed E-state index contributed by atoms with van der Waals surface area (Å²) < 4.78 is 2.39. The summed E-state index contributed by atoms with van der Waals surface area (Å²) in [5.41, 5.74) is 5.05. The molecule has 0 rings (SSSR count). The number of thiocarbonyl (C=S) groups is 1. The molecule has 1 unspecified atom stereocenters. The Morgan fingerprint density at radius 2 is 2.17 bits per heavy atom. The molecule has 69 valence electrons. The van der Waals surface area contributed by atoms with Crippen molar-refractivity contribution in [3.05, 3.63) is 0 Å². The quantitative estimate of drug-likeness (QED) is 0.436. The molecule has 0 aliphatic carbocycles. The summed E-state index contributed by atoms with van der Waals surface area (Å²) in [6.45, 7) is 1.10. The Morgan fingerprint density at radius 3 is 2.42 bits per heavy atom. The largest absolute Gasteiger partial charge is 0.429 e. The van der Waals surface area contributed by atoms with Gasteiger partial charge in [-0.25, -0.2) is 4.79 Å². The summed E-state index contributed by atoms with van der Waals surface area (Å²) in [5.74, 6) is 0. The first-order chi connectivity index (χ1) is 5.38. The fraction of sp³-hybridized carbons (Fsp3) is 0.500. The van der Waals surface area contributed by atoms with Gasteiger partial charge in [0.2, 0.25) is 10.0 Å². The second-order valence-electron chi connectivity index (χ2n) is 1.63. The molecule has 0 aliphatic heterocycles. The van der Waals surface area contributed by atoms with Crippen LogP contribution in [0.15, 0.2) is 0 Å². The summed E-state index contributed by atoms with van der Waals surface area (Å²) in [6, 6.07) is 0. The molecule has 0 aromatic rings. The van der Waals surface area contributed by atoms with Crippen LogP contribution < -0.4 is 11.1 Å². The minimum atomic E-state index is -1.85. The van der Waals surface area contributed by atoms with E-state index < -0.39 is 10.0 Å². The normalized spacial score (nSPS) is 13.2. The molecule has 0 saturated heterocycles. The molecule has 0 aliphatic rings. The summed E-state index contributed by atoms with van der Waals surface area (Å²) >= 11 is 20.5. The van der Waals surface area contributed by atoms with Gasteiger partial charge in [-0.3, -0.25) is 0 Å². The monoisotopic (exact) mass is 249 g/mol. The first-order valence-electron chi connectivity index (χ1n) is 2.53. The van der Waals surface area contributed by atoms with Crippen molar-refractivity contribution in [2.75, 3.05) is 0 Å². The summed E-state index contributed by atoms with van der Waals surface area (Å²) in [5, 5.41) is 2.10. The molecule has 0 heterocycles. The van der Waals surface area contributed by atoms with E-state index >= 15 is 0 Å². The molecule has 0 saturated carbocycles. The number of halogens is 3. The number of alkyl halides is 3. The highest BCUT2D eigenvalue weighted by atomic mass is 35.6. The maximum atomic E-state index is 9.80. The molecule has 1 atom stereocenters. The number of ether oxygens (including phenoxy) is 1. The number of nitrogens with two attached hydrogens (primary N) is 1. The van der Waals surface area contributed by atoms with Gasteiger partial charge in [-0.15, -0.1) is 0 Å². The van der Waals surface area contributed by atoms with E-state index in [1.807, 2.05) is 0 Å². The fourth-order valence-electron chi connectivity index (χ4n) is 0.355. The van der Waals surface area contributed by atoms with Crippen molar-refractivity contribution >= 4 is 58.6 Å². The number of carbonyl (C=O) groups excluding carboxylic acids is 1. The fourth-order valence-corrected chi connectivity index (χ4v) is 0.760. The molecule has 8 heteroatoms. The minimum absolute atomic E-state index is 0.151. The first-order valence-corrected chi connectivity index (χ1v) is 4.07. The van der Waals surface area contributed by atoms with Crippen molar-refractivity contribution in [3.8, 4) is 0 Å². The molecule has 0 fully saturated rings. The zero-order chi connectivity index (χ0) is 9.78. The van der Waals surface area contributed by atoms with Crippen LogP contribution >= 0.6 is 47.0 Å². The molecule has 12 heavy (non-hydrogen) atoms. The molecule has 0 aromatic carbocycles. The lowest BCUT2D eigenvalue weighted by Crippen LogP contribution is -2.47. The van der Waals surface area contributed by atoms with E-state index in [-0.39, 0.29) is 5.11 Å². The van der Waals surface area contributed by atoms with E-state index in [0.717, 1.165) is 6.47 Å². The van der Waals surface area contributed by atoms with Crippen molar-refractivity contribution in [2.45, 2.75) is 10.0 Å². The third kappa shape index (κ3) is 4.82. The average molecular weight is 251 g/mol. The van der Waals surface area contributed by atoms with E-state index in [1.165, 1.54) is 0 Å². The van der Waals surface area contributed by atoms with Gasteiger partial charge in [0.05, 0.1) is 0 Å². The van der Waals surface area contributed by atoms with Crippen molar-refractivity contribution in [2.24, 2.45) is 5.73 Å². The lowest BCUT2D eigenvalue weighted by Gasteiger charge is -2.22. The van der Waals surface area contributed by atoms with Gasteiger partial charge in [0, 0.05) is 0 Å². The van der Waals surface area contributed by atoms with Crippen molar-refractivity contribution in [3.63, 3.8) is 0 Å². The van der Waals surface area contributed by atoms with E-state index in [1.54, 1.807) is 0 Å². The first kappa shape index (κ1) is 12.0. The predicted octanol–water partition coefficient (Wildman–Crippen LogP) is 0.600. The molecule has 1 radical (unpaired) electrons. The third-order valence-corrected chi connectivity index (χ3v) is 1.45. The van der Waals surface area contributed by atoms with Crippen molar-refractivity contribution < 1.29 is 9.53 Å². The molecule has 0 amide bonds. The standard InChI is InChI=1S/C4H4Cl3N2O2S/c5-4(6,7)2(11-1-10)9-3(8)12/h2H,(H3,8,9,12). The van der Waals surface area contributed by atoms with Crippen LogP contribution in [0.1, 0.15) is 0 Å². The van der Waals surface area contributed by atoms with Gasteiger partial charge in [-0.1, -0.05) is 34.8 Å². The van der Waals surface area contributed by atoms with E-state index in [0.29, 0.717) is 0 Å². The Hall–Kier alpha value is 0.0300. The molecule has 0 bridgehead atoms. The van der Waals surface area contributed by atoms with Crippen LogP contribution in [0.5, 0.6) is 0 Å². The maximum absolute atomic E-state index is 9.80. The van der Waals surface area contributed by atoms with Gasteiger partial charge >= 0.3 is 6.47 Å². The lowest BCUT2D eigenvalue weighted by atomic mass is 10.6. The second-order valence-corrected chi connectivity index (χ2v) is 4.44. The Kier molecular flexibility index (Phi) is 4.92. The van der Waals surface area contributed by atoms with E-state index in [9.17, 15) is 4.79 Å². The van der Waals surface area contributed by atoms with Gasteiger partial charge in [0.25, 0.3) is 0 Å². The minimum Gasteiger partial charge on any atom is -0.429 e. The number of hydrogen-bond donors (Lipinski definition) is 2. The number of hydrogen-bond acceptors (Lipinski definition) is 3. The van der Waals surface area contributed by atoms with Crippen molar-refractivity contribution in [1.82, 2.24) is 5.32 Å². The third-order valence-electron chi connectivity index (χ3n) is 0.737. The zero-order valence-electron chi connectivity index (χ0n) is 5.51. The van der Waals surface area contributed by atoms with Crippen LogP contribution in [0.4, 0.5) is 0 Å². The van der Waals surface area contributed by atoms with Crippen LogP contribution in [0.2, 0.25) is 0 Å². The number of nitrogens with one attached hydrogen (secondary N) is 1. The SMILES string of the molecule is NC(=S)NC(O[C]=O)C(Cl)(Cl)Cl. The van der Waals surface area contributed by atoms with Crippen LogP contribution in [0.25, 0.3) is 0 Å². The van der Waals surface area contributed by atoms with Crippen LogP contribution in [-0.4, -0.2) is 21.6 Å². The molecule has 0 spiro atoms. The zero-order valence-corrected chi connectivity index (χ0v) is 8.60. The topological polar surface area (TPSA) is 64.3 Å². The molecule has 3 N–H and O–H groups in total. The average Bonchev–Trinajstić information content (AvgIpc) is 1.83. The predicted molar refractivity (Wildman–Crippen MR) is 50.8 cm³/mol. The Bertz CT molecular complexity index is 184. The lowest BCUT2D eigenvalue weighted by molar-refractivity contribution is 0.167. The van der Waals surface area contributed by atoms with Crippen LogP contribution in [0, 0.1) is 0 Å². The molecular formula is C4H4Cl3N2O2S. The highest BCUT2D eigenvalue weighted by Gasteiger charge is 2.35. The smallest absolute Gasteiger partial charge is 0.419 e. The van der Waals surface area contributed by atoms with Gasteiger partial charge in [0.1, 0.15) is 0 Å². The molecule has 4 nitrogen and oxygen atoms in total. The van der Waals surface area contributed by atoms with Crippen molar-refractivity contribution in [1.29, 1.82) is 0 Å². The Labute approximate surface area is 89.3 Å². The second kappa shape index (κ2) is 4.91. The van der Waals surface area contributed by atoms with Crippen LogP contribution in [0.3, 0.4) is 0 Å². The van der Waals surface area contributed by atoms with E-state index in [2.05, 4.69) is 22.3 Å². The van der Waals surface area contributed by atoms with Gasteiger partial charge in [-0.2, -0.15) is 0 Å². The van der Waals surface area contributed by atoms with Gasteiger partial charge < -0.3 is 15.8 Å². The van der Waals surface area contributed by atoms with E-state index in [4.69, 9.17) is 40.5 Å². The molecular weight excluding hydrogens is 246 g/mol. The molecule has 0 aromatic heterocycles. The van der Waals surface area contributed by atoms with Gasteiger partial charge in [0.15, 0.2) is 5.11 Å². The number of rotatable bonds is 3. The van der Waals surface area contributed by atoms with Crippen LogP contribution in [-0.2, 0) is 9.53 Å².